The molecule has 10 heterocycles. The summed E-state index contributed by atoms with van der Waals surface area (Å²) in [7, 11) is 0. The van der Waals surface area contributed by atoms with Gasteiger partial charge in [0.25, 0.3) is 13.4 Å². The molecule has 13 aromatic rings. The van der Waals surface area contributed by atoms with Gasteiger partial charge in [0.05, 0.1) is 56.2 Å². The van der Waals surface area contributed by atoms with E-state index in [1.54, 1.807) is 0 Å². The van der Waals surface area contributed by atoms with Crippen LogP contribution in [0, 0.1) is 0 Å². The number of aromatic nitrogens is 6. The number of nitrogens with zero attached hydrogens (tertiary/aromatic N) is 6. The molecule has 0 N–H and O–H groups in total. The van der Waals surface area contributed by atoms with Crippen molar-refractivity contribution in [1.29, 1.82) is 0 Å². The second-order valence-electron chi connectivity index (χ2n) is 24.1. The maximum atomic E-state index is 7.81. The van der Waals surface area contributed by atoms with Crippen LogP contribution in [0.4, 0.5) is 0 Å². The molecule has 0 unspecified atom stereocenters. The van der Waals surface area contributed by atoms with E-state index in [0.717, 1.165) is 156 Å². The highest BCUT2D eigenvalue weighted by Crippen LogP contribution is 2.49. The second-order valence-corrected chi connectivity index (χ2v) is 24.1. The Kier molecular flexibility index (Phi) is 9.12. The molecule has 0 spiro atoms. The van der Waals surface area contributed by atoms with E-state index < -0.39 is 0 Å². The first-order valence-corrected chi connectivity index (χ1v) is 27.8. The molecule has 0 radical (unpaired) electrons. The molecule has 0 fully saturated rings. The topological polar surface area (TPSA) is 79.9 Å². The van der Waals surface area contributed by atoms with Crippen molar-refractivity contribution in [1.82, 2.24) is 29.1 Å². The van der Waals surface area contributed by atoms with Gasteiger partial charge < -0.3 is 18.6 Å². The fourth-order valence-corrected chi connectivity index (χ4v) is 13.5. The SMILES string of the molecule is CC(C)(C)c1ccc2c(c1)B1c3c(c4c5c(c3-n3c6ccc(-c7ccccc7)nc6c6nc(-c7ccccc7)cc1c63)Oc1ccc(C(C)(C)C)cc1B5c1cc(-c3ccccc3)nc3c5nc(-c6ccccc6)ccc5n-4c13)O2. The van der Waals surface area contributed by atoms with Crippen LogP contribution >= 0.6 is 0 Å². The average Bonchev–Trinajstić information content (AvgIpc) is 4.15. The van der Waals surface area contributed by atoms with E-state index in [9.17, 15) is 0 Å². The van der Waals surface area contributed by atoms with Gasteiger partial charge >= 0.3 is 0 Å². The molecule has 0 amide bonds. The Balaban J connectivity index is 1.08. The number of ether oxygens (including phenoxy) is 2. The standard InChI is InChI=1S/C70H50B2N6O2/c1-69(2,3)43-27-33-55-45(35-43)71-47-37-51(41-23-15-9-16-24-41)75-61-59-53(31-29-49(73-59)39-19-11-7-12-20-39)77(63(47)61)65-57(71)67(79-55)66-58-68(65)80-56-34-28-44(70(4,5)6)36-46(56)72(58)48-38-52(42-25-17-10-18-26-42)76-62-60-54(78(66)64(48)62)32-30-50(74-60)40-21-13-8-14-22-40/h7-38H,1-6H3. The molecule has 10 heteroatoms. The van der Waals surface area contributed by atoms with E-state index in [1.807, 2.05) is 0 Å². The van der Waals surface area contributed by atoms with Crippen LogP contribution < -0.4 is 42.3 Å². The summed E-state index contributed by atoms with van der Waals surface area (Å²) >= 11 is 0. The third-order valence-corrected chi connectivity index (χ3v) is 17.3. The largest absolute Gasteiger partial charge is 0.456 e. The van der Waals surface area contributed by atoms with Gasteiger partial charge in [-0.2, -0.15) is 0 Å². The Morgan fingerprint density at radius 3 is 1.06 bits per heavy atom. The van der Waals surface area contributed by atoms with Crippen molar-refractivity contribution in [3.8, 4) is 79.4 Å². The summed E-state index contributed by atoms with van der Waals surface area (Å²) in [5.41, 5.74) is 25.5. The zero-order valence-electron chi connectivity index (χ0n) is 45.1. The van der Waals surface area contributed by atoms with E-state index >= 15 is 0 Å². The molecule has 17 rings (SSSR count). The first-order valence-electron chi connectivity index (χ1n) is 27.8. The Morgan fingerprint density at radius 2 is 0.700 bits per heavy atom. The Bertz CT molecular complexity index is 4540. The van der Waals surface area contributed by atoms with Gasteiger partial charge in [0.15, 0.2) is 0 Å². The number of rotatable bonds is 4. The molecule has 378 valence electrons. The van der Waals surface area contributed by atoms with Crippen LogP contribution in [0.2, 0.25) is 0 Å². The Morgan fingerprint density at radius 1 is 0.350 bits per heavy atom. The minimum Gasteiger partial charge on any atom is -0.456 e. The van der Waals surface area contributed by atoms with Gasteiger partial charge in [0.1, 0.15) is 45.1 Å². The van der Waals surface area contributed by atoms with Crippen molar-refractivity contribution in [2.75, 3.05) is 0 Å². The number of pyridine rings is 4. The first-order chi connectivity index (χ1) is 38.9. The van der Waals surface area contributed by atoms with Crippen molar-refractivity contribution in [2.45, 2.75) is 52.4 Å². The fraction of sp³-hybridized carbons (Fsp3) is 0.114. The van der Waals surface area contributed by atoms with Gasteiger partial charge in [-0.3, -0.25) is 0 Å². The molecule has 0 saturated heterocycles. The lowest BCUT2D eigenvalue weighted by Crippen LogP contribution is -2.63. The van der Waals surface area contributed by atoms with Crippen LogP contribution in [0.25, 0.3) is 101 Å². The lowest BCUT2D eigenvalue weighted by Gasteiger charge is -2.41. The molecular formula is C70H50B2N6O2. The zero-order chi connectivity index (χ0) is 53.5. The van der Waals surface area contributed by atoms with Gasteiger partial charge in [-0.25, -0.2) is 19.9 Å². The van der Waals surface area contributed by atoms with Crippen LogP contribution in [0.1, 0.15) is 52.7 Å². The quantitative estimate of drug-likeness (QED) is 0.163. The molecular weight excluding hydrogens is 978 g/mol. The molecule has 0 saturated carbocycles. The number of benzene rings is 7. The Hall–Kier alpha value is -9.53. The summed E-state index contributed by atoms with van der Waals surface area (Å²) in [6, 6.07) is 69.2. The molecule has 7 aromatic carbocycles. The predicted octanol–water partition coefficient (Wildman–Crippen LogP) is 12.6. The first kappa shape index (κ1) is 45.5. The maximum absolute atomic E-state index is 7.81. The van der Waals surface area contributed by atoms with Crippen molar-refractivity contribution in [2.24, 2.45) is 0 Å². The molecule has 0 atom stereocenters. The molecule has 4 aliphatic heterocycles. The summed E-state index contributed by atoms with van der Waals surface area (Å²) in [4.78, 5) is 22.6. The fourth-order valence-electron chi connectivity index (χ4n) is 13.5. The maximum Gasteiger partial charge on any atom is 0.256 e. The number of hydrogen-bond donors (Lipinski definition) is 0. The number of hydrogen-bond acceptors (Lipinski definition) is 6. The molecule has 0 aliphatic carbocycles. The molecule has 80 heavy (non-hydrogen) atoms. The predicted molar refractivity (Wildman–Crippen MR) is 328 cm³/mol. The monoisotopic (exact) mass is 1030 g/mol. The van der Waals surface area contributed by atoms with Crippen LogP contribution in [0.5, 0.6) is 23.0 Å². The van der Waals surface area contributed by atoms with E-state index in [0.29, 0.717) is 0 Å². The highest BCUT2D eigenvalue weighted by molar-refractivity contribution is 7.02. The van der Waals surface area contributed by atoms with E-state index in [1.165, 1.54) is 11.1 Å². The third kappa shape index (κ3) is 6.30. The lowest BCUT2D eigenvalue weighted by molar-refractivity contribution is 0.471. The van der Waals surface area contributed by atoms with E-state index in [4.69, 9.17) is 29.4 Å². The van der Waals surface area contributed by atoms with Crippen LogP contribution in [-0.4, -0.2) is 42.5 Å². The summed E-state index contributed by atoms with van der Waals surface area (Å²) in [6.07, 6.45) is 0. The summed E-state index contributed by atoms with van der Waals surface area (Å²) in [5, 5.41) is 0. The van der Waals surface area contributed by atoms with E-state index in [-0.39, 0.29) is 24.3 Å². The van der Waals surface area contributed by atoms with Crippen molar-refractivity contribution >= 4 is 90.3 Å². The summed E-state index contributed by atoms with van der Waals surface area (Å²) in [5.74, 6) is 3.23. The van der Waals surface area contributed by atoms with Crippen molar-refractivity contribution in [3.05, 3.63) is 205 Å². The molecule has 0 bridgehead atoms. The summed E-state index contributed by atoms with van der Waals surface area (Å²) < 4.78 is 20.5. The van der Waals surface area contributed by atoms with E-state index in [2.05, 4.69) is 245 Å². The van der Waals surface area contributed by atoms with Crippen molar-refractivity contribution < 1.29 is 9.47 Å². The highest BCUT2D eigenvalue weighted by atomic mass is 16.5. The van der Waals surface area contributed by atoms with Gasteiger partial charge in [-0.05, 0) is 92.3 Å². The molecule has 8 nitrogen and oxygen atoms in total. The van der Waals surface area contributed by atoms with Crippen molar-refractivity contribution in [3.63, 3.8) is 0 Å². The molecule has 6 aromatic heterocycles. The zero-order valence-corrected chi connectivity index (χ0v) is 45.1. The molecule has 4 aliphatic rings. The third-order valence-electron chi connectivity index (χ3n) is 17.3. The lowest BCUT2D eigenvalue weighted by atomic mass is 9.31. The minimum absolute atomic E-state index is 0.146. The van der Waals surface area contributed by atoms with Gasteiger partial charge in [-0.1, -0.05) is 187 Å². The average molecular weight is 1030 g/mol. The van der Waals surface area contributed by atoms with Crippen LogP contribution in [0.3, 0.4) is 0 Å². The summed E-state index contributed by atoms with van der Waals surface area (Å²) in [6.45, 7) is 13.1. The van der Waals surface area contributed by atoms with Crippen LogP contribution in [-0.2, 0) is 10.8 Å². The second kappa shape index (κ2) is 16.0. The van der Waals surface area contributed by atoms with Gasteiger partial charge in [0.2, 0.25) is 0 Å². The smallest absolute Gasteiger partial charge is 0.256 e. The highest BCUT2D eigenvalue weighted by Gasteiger charge is 2.51. The van der Waals surface area contributed by atoms with Gasteiger partial charge in [0, 0.05) is 33.2 Å². The van der Waals surface area contributed by atoms with Gasteiger partial charge in [-0.15, -0.1) is 0 Å². The van der Waals surface area contributed by atoms with Crippen LogP contribution in [0.15, 0.2) is 194 Å². The Labute approximate surface area is 463 Å². The normalized spacial score (nSPS) is 13.5. The number of fused-ring (bicyclic) bond motifs is 16. The minimum atomic E-state index is -0.308.